The molecule has 0 saturated heterocycles. The number of hydrogen-bond acceptors (Lipinski definition) is 6. The number of ketones is 2. The number of benzene rings is 2. The molecular formula is C56H84Cl2N2O2S2. The molecule has 3 aliphatic rings. The minimum Gasteiger partial charge on any atom is -0.335 e. The van der Waals surface area contributed by atoms with Gasteiger partial charge in [-0.15, -0.1) is 0 Å². The van der Waals surface area contributed by atoms with Gasteiger partial charge in [0.25, 0.3) is 0 Å². The molecule has 1 saturated carbocycles. The van der Waals surface area contributed by atoms with Gasteiger partial charge in [-0.3, -0.25) is 9.59 Å². The summed E-state index contributed by atoms with van der Waals surface area (Å²) >= 11 is 16.3. The van der Waals surface area contributed by atoms with Crippen LogP contribution in [0.2, 0.25) is 10.0 Å². The Hall–Kier alpha value is -1.86. The van der Waals surface area contributed by atoms with Gasteiger partial charge in [0.05, 0.1) is 33.3 Å². The summed E-state index contributed by atoms with van der Waals surface area (Å²) in [5.41, 5.74) is 2.18. The zero-order valence-electron chi connectivity index (χ0n) is 40.1. The Morgan fingerprint density at radius 2 is 0.688 bits per heavy atom. The van der Waals surface area contributed by atoms with Crippen molar-refractivity contribution in [2.45, 2.75) is 229 Å². The first-order chi connectivity index (χ1) is 31.4. The Labute approximate surface area is 409 Å². The van der Waals surface area contributed by atoms with Crippen molar-refractivity contribution in [2.75, 3.05) is 22.9 Å². The van der Waals surface area contributed by atoms with Crippen molar-refractivity contribution in [3.05, 3.63) is 68.7 Å². The molecule has 356 valence electrons. The Bertz CT molecular complexity index is 1610. The number of rotatable bonds is 36. The number of halogens is 2. The molecule has 0 N–H and O–H groups in total. The van der Waals surface area contributed by atoms with Crippen LogP contribution in [0.25, 0.3) is 0 Å². The van der Waals surface area contributed by atoms with E-state index in [0.29, 0.717) is 10.0 Å². The van der Waals surface area contributed by atoms with Crippen molar-refractivity contribution in [2.24, 2.45) is 11.8 Å². The van der Waals surface area contributed by atoms with Crippen LogP contribution in [0.1, 0.15) is 219 Å². The summed E-state index contributed by atoms with van der Waals surface area (Å²) in [6.45, 7) is 6.30. The third kappa shape index (κ3) is 18.0. The molecule has 0 bridgehead atoms. The Morgan fingerprint density at radius 1 is 0.422 bits per heavy atom. The minimum absolute atomic E-state index is 0.00102. The molecule has 2 aromatic rings. The molecule has 8 heteroatoms. The number of hydrogen-bond donors (Lipinski definition) is 0. The van der Waals surface area contributed by atoms with Crippen LogP contribution in [-0.4, -0.2) is 24.7 Å². The Balaban J connectivity index is 1.03. The van der Waals surface area contributed by atoms with Gasteiger partial charge in [0.2, 0.25) is 0 Å². The number of nitrogens with zero attached hydrogens (tertiary/aromatic N) is 2. The summed E-state index contributed by atoms with van der Waals surface area (Å²) in [7, 11) is 0. The fraction of sp³-hybridized carbons (Fsp3) is 0.679. The normalized spacial score (nSPS) is 18.2. The van der Waals surface area contributed by atoms with Gasteiger partial charge in [-0.1, -0.05) is 253 Å². The molecule has 4 nitrogen and oxygen atoms in total. The lowest BCUT2D eigenvalue weighted by Gasteiger charge is -2.30. The maximum absolute atomic E-state index is 13.8. The van der Waals surface area contributed by atoms with E-state index in [0.717, 1.165) is 57.2 Å². The molecule has 64 heavy (non-hydrogen) atoms. The molecule has 0 atom stereocenters. The molecule has 0 unspecified atom stereocenters. The van der Waals surface area contributed by atoms with Gasteiger partial charge < -0.3 is 9.80 Å². The van der Waals surface area contributed by atoms with Gasteiger partial charge >= 0.3 is 0 Å². The zero-order valence-corrected chi connectivity index (χ0v) is 43.2. The highest BCUT2D eigenvalue weighted by Gasteiger charge is 2.48. The van der Waals surface area contributed by atoms with Crippen LogP contribution in [0.3, 0.4) is 0 Å². The van der Waals surface area contributed by atoms with Crippen LogP contribution < -0.4 is 9.80 Å². The number of carbonyl (C=O) groups excluding carboxylic acids is 2. The number of carbonyl (C=O) groups is 2. The molecule has 1 fully saturated rings. The molecule has 0 spiro atoms. The van der Waals surface area contributed by atoms with Crippen molar-refractivity contribution in [3.63, 3.8) is 0 Å². The highest BCUT2D eigenvalue weighted by molar-refractivity contribution is 8.04. The lowest BCUT2D eigenvalue weighted by atomic mass is 9.72. The average Bonchev–Trinajstić information content (AvgIpc) is 3.82. The first-order valence-corrected chi connectivity index (χ1v) is 28.8. The van der Waals surface area contributed by atoms with E-state index in [1.165, 1.54) is 193 Å². The number of allylic oxidation sites excluding steroid dienone is 2. The standard InChI is InChI=1S/C56H84Cl2N2O2S2/c1-3-5-7-9-11-13-15-17-19-21-23-25-27-29-31-33-39-59-49-41-45(57)35-37-51(49)63-53(59)43-47-55(61)48(56(47)62)44-54-60(50-42-46(58)36-38-52(50)64-54)40-34-32-30-28-26-24-22-20-18-16-14-12-10-8-6-4-2/h35-38,41-44,47-48H,3-34,39-40H2,1-2H3/b53-43-,54-44-. The number of anilines is 2. The lowest BCUT2D eigenvalue weighted by molar-refractivity contribution is -0.146. The lowest BCUT2D eigenvalue weighted by Crippen LogP contribution is -2.47. The second kappa shape index (κ2) is 31.2. The fourth-order valence-electron chi connectivity index (χ4n) is 9.68. The van der Waals surface area contributed by atoms with Crippen LogP contribution in [0.5, 0.6) is 0 Å². The van der Waals surface area contributed by atoms with Gasteiger partial charge in [0.15, 0.2) is 11.6 Å². The molecule has 5 rings (SSSR count). The topological polar surface area (TPSA) is 40.6 Å². The van der Waals surface area contributed by atoms with E-state index in [4.69, 9.17) is 23.2 Å². The average molecular weight is 952 g/mol. The second-order valence-electron chi connectivity index (χ2n) is 19.1. The van der Waals surface area contributed by atoms with Crippen LogP contribution >= 0.6 is 46.7 Å². The van der Waals surface area contributed by atoms with Crippen molar-refractivity contribution < 1.29 is 9.59 Å². The van der Waals surface area contributed by atoms with E-state index in [2.05, 4.69) is 35.8 Å². The molecule has 2 aromatic carbocycles. The number of unbranched alkanes of at least 4 members (excludes halogenated alkanes) is 30. The van der Waals surface area contributed by atoms with E-state index in [1.54, 1.807) is 23.5 Å². The summed E-state index contributed by atoms with van der Waals surface area (Å²) < 4.78 is 0. The van der Waals surface area contributed by atoms with E-state index in [1.807, 2.05) is 36.4 Å². The highest BCUT2D eigenvalue weighted by atomic mass is 35.5. The van der Waals surface area contributed by atoms with E-state index in [9.17, 15) is 9.59 Å². The number of Topliss-reactive ketones (excluding diaryl/α,β-unsaturated/α-hetero) is 2. The van der Waals surface area contributed by atoms with Gasteiger partial charge in [0, 0.05) is 32.9 Å². The highest BCUT2D eigenvalue weighted by Crippen LogP contribution is 2.50. The Morgan fingerprint density at radius 3 is 0.969 bits per heavy atom. The first-order valence-electron chi connectivity index (χ1n) is 26.4. The van der Waals surface area contributed by atoms with E-state index >= 15 is 0 Å². The second-order valence-corrected chi connectivity index (χ2v) is 22.1. The molecule has 0 amide bonds. The maximum Gasteiger partial charge on any atom is 0.161 e. The molecule has 0 radical (unpaired) electrons. The smallest absolute Gasteiger partial charge is 0.161 e. The van der Waals surface area contributed by atoms with Gasteiger partial charge in [0.1, 0.15) is 0 Å². The molecule has 1 aliphatic carbocycles. The van der Waals surface area contributed by atoms with Crippen LogP contribution in [-0.2, 0) is 9.59 Å². The van der Waals surface area contributed by atoms with Gasteiger partial charge in [-0.05, 0) is 61.4 Å². The monoisotopic (exact) mass is 951 g/mol. The SMILES string of the molecule is CCCCCCCCCCCCCCCCCCN1/C(=C/C2C(=O)C(/C=C3\Sc4ccc(Cl)cc4N3CCCCCCCCCCCCCCCCCC)C2=O)Sc2ccc(Cl)cc21. The Kier molecular flexibility index (Phi) is 25.9. The third-order valence-electron chi connectivity index (χ3n) is 13.7. The molecule has 2 aliphatic heterocycles. The summed E-state index contributed by atoms with van der Waals surface area (Å²) in [4.78, 5) is 34.6. The molecule has 2 heterocycles. The van der Waals surface area contributed by atoms with Crippen molar-refractivity contribution in [3.8, 4) is 0 Å². The number of fused-ring (bicyclic) bond motifs is 2. The quantitative estimate of drug-likeness (QED) is 0.0501. The third-order valence-corrected chi connectivity index (χ3v) is 16.4. The predicted octanol–water partition coefficient (Wildman–Crippen LogP) is 19.1. The first kappa shape index (κ1) is 53.1. The van der Waals surface area contributed by atoms with E-state index in [-0.39, 0.29) is 11.6 Å². The van der Waals surface area contributed by atoms with Gasteiger partial charge in [-0.2, -0.15) is 0 Å². The van der Waals surface area contributed by atoms with Crippen molar-refractivity contribution in [1.82, 2.24) is 0 Å². The summed E-state index contributed by atoms with van der Waals surface area (Å²) in [6.07, 6.45) is 46.9. The fourth-order valence-corrected chi connectivity index (χ4v) is 12.3. The van der Waals surface area contributed by atoms with E-state index < -0.39 is 11.8 Å². The number of thioether (sulfide) groups is 2. The largest absolute Gasteiger partial charge is 0.335 e. The van der Waals surface area contributed by atoms with Gasteiger partial charge in [-0.25, -0.2) is 0 Å². The zero-order chi connectivity index (χ0) is 45.2. The summed E-state index contributed by atoms with van der Waals surface area (Å²) in [5, 5.41) is 3.39. The maximum atomic E-state index is 13.8. The molecular weight excluding hydrogens is 868 g/mol. The molecule has 0 aromatic heterocycles. The summed E-state index contributed by atoms with van der Waals surface area (Å²) in [6, 6.07) is 12.1. The van der Waals surface area contributed by atoms with Crippen LogP contribution in [0, 0.1) is 11.8 Å². The predicted molar refractivity (Wildman–Crippen MR) is 282 cm³/mol. The van der Waals surface area contributed by atoms with Crippen LogP contribution in [0.15, 0.2) is 68.4 Å². The van der Waals surface area contributed by atoms with Crippen molar-refractivity contribution in [1.29, 1.82) is 0 Å². The minimum atomic E-state index is -0.709. The van der Waals surface area contributed by atoms with Crippen LogP contribution in [0.4, 0.5) is 11.4 Å². The van der Waals surface area contributed by atoms with Crippen molar-refractivity contribution >= 4 is 69.7 Å². The summed E-state index contributed by atoms with van der Waals surface area (Å²) in [5.74, 6) is -1.42.